The highest BCUT2D eigenvalue weighted by Gasteiger charge is 2.11. The monoisotopic (exact) mass is 377 g/mol. The maximum absolute atomic E-state index is 11.9. The molecule has 0 saturated heterocycles. The van der Waals surface area contributed by atoms with Gasteiger partial charge in [-0.2, -0.15) is 4.98 Å². The second-order valence-electron chi connectivity index (χ2n) is 4.55. The average molecular weight is 378 g/mol. The van der Waals surface area contributed by atoms with E-state index >= 15 is 0 Å². The first kappa shape index (κ1) is 14.9. The van der Waals surface area contributed by atoms with E-state index in [0.29, 0.717) is 24.6 Å². The highest BCUT2D eigenvalue weighted by molar-refractivity contribution is 9.10. The molecule has 0 spiro atoms. The second-order valence-corrected chi connectivity index (χ2v) is 6.41. The van der Waals surface area contributed by atoms with Crippen molar-refractivity contribution in [2.24, 2.45) is 0 Å². The Labute approximate surface area is 139 Å². The van der Waals surface area contributed by atoms with Crippen molar-refractivity contribution in [2.45, 2.75) is 12.8 Å². The van der Waals surface area contributed by atoms with Crippen LogP contribution >= 0.6 is 27.3 Å². The molecule has 2 aromatic heterocycles. The molecular formula is C15H12BrN3O2S. The van der Waals surface area contributed by atoms with E-state index in [1.165, 1.54) is 0 Å². The van der Waals surface area contributed by atoms with Crippen molar-refractivity contribution in [1.29, 1.82) is 0 Å². The molecule has 0 fully saturated rings. The fourth-order valence-electron chi connectivity index (χ4n) is 1.87. The van der Waals surface area contributed by atoms with E-state index in [1.807, 2.05) is 41.8 Å². The minimum absolute atomic E-state index is 0.0889. The summed E-state index contributed by atoms with van der Waals surface area (Å²) in [6.07, 6.45) is 0.705. The quantitative estimate of drug-likeness (QED) is 0.725. The molecule has 0 atom stereocenters. The van der Waals surface area contributed by atoms with Gasteiger partial charge in [-0.3, -0.25) is 4.79 Å². The largest absolute Gasteiger partial charge is 0.339 e. The first-order chi connectivity index (χ1) is 10.7. The van der Waals surface area contributed by atoms with Gasteiger partial charge in [-0.15, -0.1) is 11.3 Å². The van der Waals surface area contributed by atoms with E-state index < -0.39 is 0 Å². The van der Waals surface area contributed by atoms with E-state index in [1.54, 1.807) is 11.3 Å². The van der Waals surface area contributed by atoms with Crippen LogP contribution in [0, 0.1) is 0 Å². The molecule has 112 valence electrons. The van der Waals surface area contributed by atoms with Gasteiger partial charge < -0.3 is 9.84 Å². The number of amides is 1. The number of nitrogens with zero attached hydrogens (tertiary/aromatic N) is 2. The van der Waals surface area contributed by atoms with E-state index in [9.17, 15) is 4.79 Å². The number of benzene rings is 1. The third kappa shape index (κ3) is 3.80. The minimum Gasteiger partial charge on any atom is -0.339 e. The Balaban J connectivity index is 1.55. The number of carbonyl (C=O) groups excluding carboxylic acids is 1. The number of aromatic nitrogens is 2. The fourth-order valence-corrected chi connectivity index (χ4v) is 2.92. The summed E-state index contributed by atoms with van der Waals surface area (Å²) >= 11 is 4.91. The molecule has 0 aliphatic rings. The molecule has 5 nitrogen and oxygen atoms in total. The van der Waals surface area contributed by atoms with Gasteiger partial charge in [0.1, 0.15) is 0 Å². The smallest absolute Gasteiger partial charge is 0.227 e. The molecule has 1 N–H and O–H groups in total. The van der Waals surface area contributed by atoms with Crippen molar-refractivity contribution in [1.82, 2.24) is 10.1 Å². The first-order valence-corrected chi connectivity index (χ1v) is 8.30. The van der Waals surface area contributed by atoms with Crippen LogP contribution in [0.2, 0.25) is 0 Å². The van der Waals surface area contributed by atoms with Gasteiger partial charge in [-0.25, -0.2) is 0 Å². The minimum atomic E-state index is -0.0889. The Hall–Kier alpha value is -1.99. The van der Waals surface area contributed by atoms with Gasteiger partial charge in [-0.05, 0) is 29.6 Å². The molecule has 1 amide bonds. The molecule has 22 heavy (non-hydrogen) atoms. The second kappa shape index (κ2) is 6.85. The normalized spacial score (nSPS) is 10.6. The van der Waals surface area contributed by atoms with Crippen LogP contribution in [0.5, 0.6) is 0 Å². The Morgan fingerprint density at radius 1 is 1.32 bits per heavy atom. The van der Waals surface area contributed by atoms with Crippen LogP contribution in [0.1, 0.15) is 12.3 Å². The molecule has 0 radical (unpaired) electrons. The number of hydrogen-bond donors (Lipinski definition) is 1. The summed E-state index contributed by atoms with van der Waals surface area (Å²) in [7, 11) is 0. The van der Waals surface area contributed by atoms with Gasteiger partial charge >= 0.3 is 0 Å². The lowest BCUT2D eigenvalue weighted by Gasteiger charge is -2.04. The summed E-state index contributed by atoms with van der Waals surface area (Å²) in [5.74, 6) is 0.944. The summed E-state index contributed by atoms with van der Waals surface area (Å²) < 4.78 is 6.09. The molecule has 0 bridgehead atoms. The maximum atomic E-state index is 11.9. The average Bonchev–Trinajstić information content (AvgIpc) is 3.16. The van der Waals surface area contributed by atoms with E-state index in [4.69, 9.17) is 4.52 Å². The van der Waals surface area contributed by atoms with Gasteiger partial charge in [-0.1, -0.05) is 33.2 Å². The van der Waals surface area contributed by atoms with Gasteiger partial charge in [0.2, 0.25) is 17.6 Å². The number of rotatable bonds is 5. The molecular weight excluding hydrogens is 366 g/mol. The van der Waals surface area contributed by atoms with Crippen LogP contribution < -0.4 is 5.32 Å². The molecule has 2 heterocycles. The van der Waals surface area contributed by atoms with Gasteiger partial charge in [0.25, 0.3) is 0 Å². The van der Waals surface area contributed by atoms with Gasteiger partial charge in [0.15, 0.2) is 0 Å². The number of aryl methyl sites for hydroxylation is 1. The Kier molecular flexibility index (Phi) is 4.65. The number of thiophene rings is 1. The predicted molar refractivity (Wildman–Crippen MR) is 88.7 cm³/mol. The summed E-state index contributed by atoms with van der Waals surface area (Å²) in [6.45, 7) is 0. The SMILES string of the molecule is O=C(CCc1nc(-c2cccs2)no1)Nc1cccc(Br)c1. The maximum Gasteiger partial charge on any atom is 0.227 e. The van der Waals surface area contributed by atoms with Gasteiger partial charge in [0.05, 0.1) is 4.88 Å². The molecule has 3 aromatic rings. The van der Waals surface area contributed by atoms with Gasteiger partial charge in [0, 0.05) is 23.0 Å². The molecule has 1 aromatic carbocycles. The van der Waals surface area contributed by atoms with E-state index in [2.05, 4.69) is 31.4 Å². The van der Waals surface area contributed by atoms with E-state index in [-0.39, 0.29) is 5.91 Å². The molecule has 0 aliphatic carbocycles. The standard InChI is InChI=1S/C15H12BrN3O2S/c16-10-3-1-4-11(9-10)17-13(20)6-7-14-18-15(19-21-14)12-5-2-8-22-12/h1-5,8-9H,6-7H2,(H,17,20). The van der Waals surface area contributed by atoms with Crippen LogP contribution in [-0.4, -0.2) is 16.0 Å². The zero-order valence-corrected chi connectivity index (χ0v) is 13.9. The Morgan fingerprint density at radius 3 is 3.00 bits per heavy atom. The molecule has 3 rings (SSSR count). The van der Waals surface area contributed by atoms with Crippen molar-refractivity contribution in [3.63, 3.8) is 0 Å². The lowest BCUT2D eigenvalue weighted by Crippen LogP contribution is -2.12. The topological polar surface area (TPSA) is 68.0 Å². The van der Waals surface area contributed by atoms with Crippen molar-refractivity contribution in [2.75, 3.05) is 5.32 Å². The molecule has 0 unspecified atom stereocenters. The number of nitrogens with one attached hydrogen (secondary N) is 1. The zero-order chi connectivity index (χ0) is 15.4. The fraction of sp³-hybridized carbons (Fsp3) is 0.133. The predicted octanol–water partition coefficient (Wildman–Crippen LogP) is 4.13. The van der Waals surface area contributed by atoms with Crippen molar-refractivity contribution in [3.05, 3.63) is 52.1 Å². The summed E-state index contributed by atoms with van der Waals surface area (Å²) in [5, 5.41) is 8.70. The zero-order valence-electron chi connectivity index (χ0n) is 11.5. The summed E-state index contributed by atoms with van der Waals surface area (Å²) in [5.41, 5.74) is 0.754. The Bertz CT molecular complexity index is 771. The lowest BCUT2D eigenvalue weighted by atomic mass is 10.2. The lowest BCUT2D eigenvalue weighted by molar-refractivity contribution is -0.116. The third-order valence-electron chi connectivity index (χ3n) is 2.88. The number of hydrogen-bond acceptors (Lipinski definition) is 5. The molecule has 0 saturated carbocycles. The van der Waals surface area contributed by atoms with Crippen LogP contribution in [0.15, 0.2) is 50.8 Å². The van der Waals surface area contributed by atoms with Crippen molar-refractivity contribution >= 4 is 38.9 Å². The first-order valence-electron chi connectivity index (χ1n) is 6.62. The van der Waals surface area contributed by atoms with Crippen LogP contribution in [0.3, 0.4) is 0 Å². The highest BCUT2D eigenvalue weighted by atomic mass is 79.9. The Morgan fingerprint density at radius 2 is 2.23 bits per heavy atom. The van der Waals surface area contributed by atoms with E-state index in [0.717, 1.165) is 15.0 Å². The van der Waals surface area contributed by atoms with Crippen LogP contribution in [0.4, 0.5) is 5.69 Å². The number of anilines is 1. The number of halogens is 1. The van der Waals surface area contributed by atoms with Crippen molar-refractivity contribution < 1.29 is 9.32 Å². The summed E-state index contributed by atoms with van der Waals surface area (Å²) in [6, 6.07) is 11.3. The number of carbonyl (C=O) groups is 1. The highest BCUT2D eigenvalue weighted by Crippen LogP contribution is 2.21. The molecule has 7 heteroatoms. The molecule has 0 aliphatic heterocycles. The van der Waals surface area contributed by atoms with Crippen molar-refractivity contribution in [3.8, 4) is 10.7 Å². The van der Waals surface area contributed by atoms with Crippen LogP contribution in [0.25, 0.3) is 10.7 Å². The summed E-state index contributed by atoms with van der Waals surface area (Å²) in [4.78, 5) is 17.2. The third-order valence-corrected chi connectivity index (χ3v) is 4.24. The van der Waals surface area contributed by atoms with Crippen LogP contribution in [-0.2, 0) is 11.2 Å².